The minimum Gasteiger partial charge on any atom is -0.465 e. The average Bonchev–Trinajstić information content (AvgIpc) is 2.98. The van der Waals surface area contributed by atoms with E-state index in [-0.39, 0.29) is 11.6 Å². The molecule has 1 saturated heterocycles. The third kappa shape index (κ3) is 5.51. The molecule has 204 valence electrons. The molecular formula is C27H26F3N5O4. The van der Waals surface area contributed by atoms with E-state index in [1.165, 1.54) is 0 Å². The van der Waals surface area contributed by atoms with Gasteiger partial charge < -0.3 is 10.1 Å². The lowest BCUT2D eigenvalue weighted by atomic mass is 9.92. The zero-order valence-corrected chi connectivity index (χ0v) is 21.3. The van der Waals surface area contributed by atoms with Gasteiger partial charge in [0, 0.05) is 25.1 Å². The van der Waals surface area contributed by atoms with Gasteiger partial charge in [-0.25, -0.2) is 27.9 Å². The quantitative estimate of drug-likeness (QED) is 0.259. The Kier molecular flexibility index (Phi) is 8.65. The molecule has 2 atom stereocenters. The highest BCUT2D eigenvalue weighted by Gasteiger charge is 2.38. The molecule has 1 aliphatic rings. The molecule has 0 saturated carbocycles. The van der Waals surface area contributed by atoms with Gasteiger partial charge >= 0.3 is 5.97 Å². The number of nitrogens with zero attached hydrogens (tertiary/aromatic N) is 4. The molecule has 3 aromatic rings. The highest BCUT2D eigenvalue weighted by molar-refractivity contribution is 6.19. The Morgan fingerprint density at radius 3 is 2.41 bits per heavy atom. The first-order valence-corrected chi connectivity index (χ1v) is 12.4. The summed E-state index contributed by atoms with van der Waals surface area (Å²) < 4.78 is 49.4. The molecule has 1 amide bonds. The fourth-order valence-corrected chi connectivity index (χ4v) is 4.82. The SMILES string of the molecule is CCC(NC(=O)c1c(F)c(F)c(F)c(C(=O)OC)c1C(=O)c1cncnc1)N1CCCCC1c1ccccn1. The standard InChI is InChI=1S/C27H26F3N5O4/c1-3-18(35-11-7-5-9-17(35)16-8-4-6-10-33-16)34-26(37)20-19(25(36)15-12-31-14-32-13-15)21(27(38)39-2)23(29)24(30)22(20)28/h4,6,8,10,12-14,17-18H,3,5,7,9,11H2,1-2H3,(H,34,37). The summed E-state index contributed by atoms with van der Waals surface area (Å²) in [6, 6.07) is 5.35. The van der Waals surface area contributed by atoms with E-state index in [2.05, 4.69) is 25.0 Å². The zero-order valence-electron chi connectivity index (χ0n) is 21.3. The van der Waals surface area contributed by atoms with E-state index in [0.29, 0.717) is 13.0 Å². The van der Waals surface area contributed by atoms with E-state index in [9.17, 15) is 23.2 Å². The summed E-state index contributed by atoms with van der Waals surface area (Å²) in [6.07, 6.45) is 7.06. The number of amides is 1. The first-order chi connectivity index (χ1) is 18.8. The fourth-order valence-electron chi connectivity index (χ4n) is 4.82. The minimum absolute atomic E-state index is 0.159. The van der Waals surface area contributed by atoms with Crippen LogP contribution in [0.4, 0.5) is 13.2 Å². The van der Waals surface area contributed by atoms with Crippen LogP contribution in [0.15, 0.2) is 43.1 Å². The van der Waals surface area contributed by atoms with Crippen LogP contribution in [0.3, 0.4) is 0 Å². The van der Waals surface area contributed by atoms with Crippen molar-refractivity contribution in [2.45, 2.75) is 44.8 Å². The number of ether oxygens (including phenoxy) is 1. The van der Waals surface area contributed by atoms with Crippen LogP contribution in [0.2, 0.25) is 0 Å². The number of carbonyl (C=O) groups excluding carboxylic acids is 3. The number of piperidine rings is 1. The van der Waals surface area contributed by atoms with Gasteiger partial charge in [0.2, 0.25) is 0 Å². The van der Waals surface area contributed by atoms with Gasteiger partial charge in [-0.1, -0.05) is 19.4 Å². The van der Waals surface area contributed by atoms with Crippen LogP contribution in [0, 0.1) is 17.5 Å². The van der Waals surface area contributed by atoms with E-state index in [4.69, 9.17) is 0 Å². The highest BCUT2D eigenvalue weighted by atomic mass is 19.2. The largest absolute Gasteiger partial charge is 0.465 e. The van der Waals surface area contributed by atoms with Gasteiger partial charge in [-0.3, -0.25) is 19.5 Å². The second-order valence-corrected chi connectivity index (χ2v) is 8.92. The van der Waals surface area contributed by atoms with Gasteiger partial charge in [0.05, 0.1) is 41.7 Å². The molecule has 3 heterocycles. The van der Waals surface area contributed by atoms with Crippen LogP contribution >= 0.6 is 0 Å². The molecule has 0 spiro atoms. The first kappa shape index (κ1) is 27.8. The molecule has 0 bridgehead atoms. The molecule has 39 heavy (non-hydrogen) atoms. The molecule has 4 rings (SSSR count). The van der Waals surface area contributed by atoms with Crippen molar-refractivity contribution in [3.63, 3.8) is 0 Å². The third-order valence-corrected chi connectivity index (χ3v) is 6.65. The monoisotopic (exact) mass is 541 g/mol. The Labute approximate surface area is 222 Å². The molecule has 1 fully saturated rings. The van der Waals surface area contributed by atoms with Gasteiger partial charge in [-0.05, 0) is 31.4 Å². The summed E-state index contributed by atoms with van der Waals surface area (Å²) in [6.45, 7) is 2.38. The van der Waals surface area contributed by atoms with Crippen LogP contribution in [0.25, 0.3) is 0 Å². The maximum absolute atomic E-state index is 15.3. The third-order valence-electron chi connectivity index (χ3n) is 6.65. The molecular weight excluding hydrogens is 515 g/mol. The molecule has 2 aromatic heterocycles. The number of hydrogen-bond acceptors (Lipinski definition) is 8. The predicted octanol–water partition coefficient (Wildman–Crippen LogP) is 4.00. The molecule has 9 nitrogen and oxygen atoms in total. The summed E-state index contributed by atoms with van der Waals surface area (Å²) >= 11 is 0. The van der Waals surface area contributed by atoms with Gasteiger partial charge in [-0.15, -0.1) is 0 Å². The lowest BCUT2D eigenvalue weighted by molar-refractivity contribution is 0.0579. The number of hydrogen-bond donors (Lipinski definition) is 1. The molecule has 0 radical (unpaired) electrons. The Balaban J connectivity index is 1.80. The Morgan fingerprint density at radius 1 is 1.05 bits per heavy atom. The number of esters is 1. The summed E-state index contributed by atoms with van der Waals surface area (Å²) in [5, 5.41) is 2.67. The van der Waals surface area contributed by atoms with Gasteiger partial charge in [-0.2, -0.15) is 0 Å². The molecule has 1 aromatic carbocycles. The normalized spacial score (nSPS) is 16.4. The van der Waals surface area contributed by atoms with Crippen molar-refractivity contribution in [1.29, 1.82) is 0 Å². The van der Waals surface area contributed by atoms with Crippen molar-refractivity contribution < 1.29 is 32.3 Å². The van der Waals surface area contributed by atoms with E-state index >= 15 is 4.39 Å². The Morgan fingerprint density at radius 2 is 1.77 bits per heavy atom. The Bertz CT molecular complexity index is 1380. The smallest absolute Gasteiger partial charge is 0.341 e. The first-order valence-electron chi connectivity index (χ1n) is 12.4. The molecule has 1 aliphatic heterocycles. The summed E-state index contributed by atoms with van der Waals surface area (Å²) in [4.78, 5) is 53.3. The number of rotatable bonds is 8. The molecule has 2 unspecified atom stereocenters. The number of nitrogens with one attached hydrogen (secondary N) is 1. The van der Waals surface area contributed by atoms with Gasteiger partial charge in [0.15, 0.2) is 23.2 Å². The number of benzene rings is 1. The second kappa shape index (κ2) is 12.1. The van der Waals surface area contributed by atoms with Crippen LogP contribution < -0.4 is 5.32 Å². The van der Waals surface area contributed by atoms with Crippen molar-refractivity contribution in [2.75, 3.05) is 13.7 Å². The molecule has 0 aliphatic carbocycles. The van der Waals surface area contributed by atoms with Crippen LogP contribution in [0.5, 0.6) is 0 Å². The number of halogens is 3. The minimum atomic E-state index is -2.08. The van der Waals surface area contributed by atoms with Crippen molar-refractivity contribution in [3.05, 3.63) is 88.5 Å². The number of carbonyl (C=O) groups is 3. The topological polar surface area (TPSA) is 114 Å². The van der Waals surface area contributed by atoms with Crippen molar-refractivity contribution in [1.82, 2.24) is 25.2 Å². The lowest BCUT2D eigenvalue weighted by Gasteiger charge is -2.41. The number of methoxy groups -OCH3 is 1. The fraction of sp³-hybridized carbons (Fsp3) is 0.333. The maximum Gasteiger partial charge on any atom is 0.341 e. The number of ketones is 1. The number of likely N-dealkylation sites (tertiary alicyclic amines) is 1. The van der Waals surface area contributed by atoms with E-state index in [1.807, 2.05) is 17.0 Å². The van der Waals surface area contributed by atoms with E-state index < -0.39 is 58.0 Å². The van der Waals surface area contributed by atoms with Gasteiger partial charge in [0.1, 0.15) is 11.9 Å². The van der Waals surface area contributed by atoms with Crippen LogP contribution in [0.1, 0.15) is 81.0 Å². The summed E-state index contributed by atoms with van der Waals surface area (Å²) in [5.74, 6) is -9.76. The number of pyridine rings is 1. The predicted molar refractivity (Wildman–Crippen MR) is 132 cm³/mol. The summed E-state index contributed by atoms with van der Waals surface area (Å²) in [7, 11) is 0.879. The van der Waals surface area contributed by atoms with Gasteiger partial charge in [0.25, 0.3) is 5.91 Å². The number of aromatic nitrogens is 3. The van der Waals surface area contributed by atoms with E-state index in [0.717, 1.165) is 50.8 Å². The average molecular weight is 542 g/mol. The summed E-state index contributed by atoms with van der Waals surface area (Å²) in [5.41, 5.74) is -2.79. The van der Waals surface area contributed by atoms with Crippen LogP contribution in [-0.2, 0) is 4.74 Å². The van der Waals surface area contributed by atoms with Crippen molar-refractivity contribution in [3.8, 4) is 0 Å². The van der Waals surface area contributed by atoms with Crippen molar-refractivity contribution in [2.24, 2.45) is 0 Å². The van der Waals surface area contributed by atoms with Crippen molar-refractivity contribution >= 4 is 17.7 Å². The molecule has 12 heteroatoms. The maximum atomic E-state index is 15.3. The van der Waals surface area contributed by atoms with E-state index in [1.54, 1.807) is 19.2 Å². The molecule has 1 N–H and O–H groups in total. The second-order valence-electron chi connectivity index (χ2n) is 8.92. The van der Waals surface area contributed by atoms with Crippen LogP contribution in [-0.4, -0.2) is 57.3 Å². The lowest BCUT2D eigenvalue weighted by Crippen LogP contribution is -2.51. The highest BCUT2D eigenvalue weighted by Crippen LogP contribution is 2.33. The Hall–Kier alpha value is -4.19. The zero-order chi connectivity index (χ0) is 28.1.